The molecule has 2 aromatic rings. The number of aromatic amines is 1. The van der Waals surface area contributed by atoms with Crippen LogP contribution in [0.2, 0.25) is 5.15 Å². The van der Waals surface area contributed by atoms with Gasteiger partial charge in [-0.1, -0.05) is 11.6 Å². The van der Waals surface area contributed by atoms with Crippen LogP contribution >= 0.6 is 40.2 Å². The fraction of sp³-hybridized carbons (Fsp3) is 0. The Hall–Kier alpha value is -0.190. The van der Waals surface area contributed by atoms with E-state index in [0.717, 1.165) is 20.4 Å². The molecule has 5 heteroatoms. The molecule has 12 heavy (non-hydrogen) atoms. The zero-order chi connectivity index (χ0) is 8.72. The topological polar surface area (TPSA) is 28.7 Å². The van der Waals surface area contributed by atoms with Crippen molar-refractivity contribution in [3.63, 3.8) is 0 Å². The van der Waals surface area contributed by atoms with Gasteiger partial charge in [-0.05, 0) is 22.0 Å². The Morgan fingerprint density at radius 2 is 2.33 bits per heavy atom. The fourth-order valence-electron chi connectivity index (χ4n) is 0.986. The molecular formula is C7H4BrClN2S. The van der Waals surface area contributed by atoms with Crippen LogP contribution in [0.15, 0.2) is 21.6 Å². The second-order valence-electron chi connectivity index (χ2n) is 2.33. The minimum absolute atomic E-state index is 0.456. The predicted octanol–water partition coefficient (Wildman–Crippen LogP) is 3.27. The maximum Gasteiger partial charge on any atom is 0.145 e. The SMILES string of the molecule is Sc1c[nH]c2nc(Cl)c(Br)cc12. The Morgan fingerprint density at radius 1 is 1.58 bits per heavy atom. The van der Waals surface area contributed by atoms with E-state index in [0.29, 0.717) is 5.15 Å². The molecule has 2 aromatic heterocycles. The van der Waals surface area contributed by atoms with Gasteiger partial charge in [0.15, 0.2) is 0 Å². The summed E-state index contributed by atoms with van der Waals surface area (Å²) in [5.41, 5.74) is 0.758. The number of hydrogen-bond donors (Lipinski definition) is 2. The van der Waals surface area contributed by atoms with Gasteiger partial charge in [0.25, 0.3) is 0 Å². The minimum Gasteiger partial charge on any atom is -0.345 e. The van der Waals surface area contributed by atoms with Crippen molar-refractivity contribution < 1.29 is 0 Å². The molecule has 0 radical (unpaired) electrons. The Labute approximate surface area is 87.9 Å². The van der Waals surface area contributed by atoms with Crippen molar-refractivity contribution in [3.05, 3.63) is 21.9 Å². The molecule has 0 aliphatic heterocycles. The first-order valence-electron chi connectivity index (χ1n) is 3.20. The van der Waals surface area contributed by atoms with E-state index in [1.165, 1.54) is 0 Å². The zero-order valence-corrected chi connectivity index (χ0v) is 9.04. The highest BCUT2D eigenvalue weighted by Crippen LogP contribution is 2.27. The summed E-state index contributed by atoms with van der Waals surface area (Å²) in [4.78, 5) is 7.94. The molecule has 0 amide bonds. The molecule has 0 saturated carbocycles. The summed E-state index contributed by atoms with van der Waals surface area (Å²) >= 11 is 13.3. The van der Waals surface area contributed by atoms with E-state index in [1.54, 1.807) is 6.20 Å². The molecule has 0 spiro atoms. The van der Waals surface area contributed by atoms with Gasteiger partial charge in [-0.15, -0.1) is 12.6 Å². The lowest BCUT2D eigenvalue weighted by molar-refractivity contribution is 1.31. The van der Waals surface area contributed by atoms with Crippen LogP contribution in [0.1, 0.15) is 0 Å². The lowest BCUT2D eigenvalue weighted by atomic mass is 10.3. The highest BCUT2D eigenvalue weighted by molar-refractivity contribution is 9.10. The zero-order valence-electron chi connectivity index (χ0n) is 5.81. The lowest BCUT2D eigenvalue weighted by Crippen LogP contribution is -1.78. The van der Waals surface area contributed by atoms with Crippen LogP contribution < -0.4 is 0 Å². The van der Waals surface area contributed by atoms with E-state index >= 15 is 0 Å². The highest BCUT2D eigenvalue weighted by Gasteiger charge is 2.05. The van der Waals surface area contributed by atoms with Crippen LogP contribution in [-0.2, 0) is 0 Å². The first-order valence-corrected chi connectivity index (χ1v) is 4.82. The van der Waals surface area contributed by atoms with Gasteiger partial charge >= 0.3 is 0 Å². The highest BCUT2D eigenvalue weighted by atomic mass is 79.9. The molecule has 2 nitrogen and oxygen atoms in total. The van der Waals surface area contributed by atoms with Gasteiger partial charge in [-0.25, -0.2) is 4.98 Å². The van der Waals surface area contributed by atoms with E-state index < -0.39 is 0 Å². The molecule has 0 unspecified atom stereocenters. The number of thiol groups is 1. The molecule has 1 N–H and O–H groups in total. The quantitative estimate of drug-likeness (QED) is 0.554. The van der Waals surface area contributed by atoms with Gasteiger partial charge in [0.2, 0.25) is 0 Å². The number of fused-ring (bicyclic) bond motifs is 1. The molecule has 0 aromatic carbocycles. The smallest absolute Gasteiger partial charge is 0.145 e. The van der Waals surface area contributed by atoms with Gasteiger partial charge in [0.05, 0.1) is 4.47 Å². The monoisotopic (exact) mass is 262 g/mol. The Kier molecular flexibility index (Phi) is 2.06. The van der Waals surface area contributed by atoms with Crippen molar-refractivity contribution in [1.82, 2.24) is 9.97 Å². The van der Waals surface area contributed by atoms with Crippen molar-refractivity contribution in [1.29, 1.82) is 0 Å². The van der Waals surface area contributed by atoms with Gasteiger partial charge in [-0.2, -0.15) is 0 Å². The van der Waals surface area contributed by atoms with Gasteiger partial charge < -0.3 is 4.98 Å². The van der Waals surface area contributed by atoms with E-state index in [2.05, 4.69) is 38.5 Å². The first kappa shape index (κ1) is 8.41. The predicted molar refractivity (Wildman–Crippen MR) is 56.1 cm³/mol. The summed E-state index contributed by atoms with van der Waals surface area (Å²) in [6.45, 7) is 0. The van der Waals surface area contributed by atoms with Crippen molar-refractivity contribution >= 4 is 51.2 Å². The molecule has 0 atom stereocenters. The number of hydrogen-bond acceptors (Lipinski definition) is 2. The number of halogens is 2. The molecule has 0 fully saturated rings. The summed E-state index contributed by atoms with van der Waals surface area (Å²) in [5.74, 6) is 0. The van der Waals surface area contributed by atoms with Crippen molar-refractivity contribution in [2.75, 3.05) is 0 Å². The average molecular weight is 264 g/mol. The van der Waals surface area contributed by atoms with E-state index in [-0.39, 0.29) is 0 Å². The second kappa shape index (κ2) is 2.94. The molecule has 0 aliphatic rings. The molecule has 0 aliphatic carbocycles. The van der Waals surface area contributed by atoms with E-state index in [9.17, 15) is 0 Å². The Balaban J connectivity index is 2.87. The summed E-state index contributed by atoms with van der Waals surface area (Å²) in [6, 6.07) is 1.89. The summed E-state index contributed by atoms with van der Waals surface area (Å²) in [6.07, 6.45) is 1.78. The molecule has 2 rings (SSSR count). The fourth-order valence-corrected chi connectivity index (χ4v) is 1.68. The van der Waals surface area contributed by atoms with Crippen molar-refractivity contribution in [2.24, 2.45) is 0 Å². The lowest BCUT2D eigenvalue weighted by Gasteiger charge is -1.94. The van der Waals surface area contributed by atoms with Crippen LogP contribution in [0, 0.1) is 0 Å². The van der Waals surface area contributed by atoms with Crippen LogP contribution in [0.3, 0.4) is 0 Å². The molecule has 0 bridgehead atoms. The number of aromatic nitrogens is 2. The van der Waals surface area contributed by atoms with E-state index in [4.69, 9.17) is 11.6 Å². The number of rotatable bonds is 0. The van der Waals surface area contributed by atoms with Crippen molar-refractivity contribution in [2.45, 2.75) is 4.90 Å². The van der Waals surface area contributed by atoms with Crippen LogP contribution in [0.5, 0.6) is 0 Å². The molecule has 62 valence electrons. The normalized spacial score (nSPS) is 10.9. The maximum atomic E-state index is 5.79. The van der Waals surface area contributed by atoms with Crippen molar-refractivity contribution in [3.8, 4) is 0 Å². The third-order valence-corrected chi connectivity index (χ3v) is 3.05. The van der Waals surface area contributed by atoms with Gasteiger partial charge in [0.1, 0.15) is 10.8 Å². The molecule has 0 saturated heterocycles. The first-order chi connectivity index (χ1) is 5.68. The standard InChI is InChI=1S/C7H4BrClN2S/c8-4-1-3-5(12)2-10-7(3)11-6(4)9/h1-2,12H,(H,10,11). The number of nitrogens with zero attached hydrogens (tertiary/aromatic N) is 1. The van der Waals surface area contributed by atoms with Crippen LogP contribution in [0.4, 0.5) is 0 Å². The van der Waals surface area contributed by atoms with Crippen LogP contribution in [-0.4, -0.2) is 9.97 Å². The number of H-pyrrole nitrogens is 1. The third kappa shape index (κ3) is 1.24. The Morgan fingerprint density at radius 3 is 3.08 bits per heavy atom. The summed E-state index contributed by atoms with van der Waals surface area (Å²) in [7, 11) is 0. The summed E-state index contributed by atoms with van der Waals surface area (Å²) in [5, 5.41) is 1.42. The maximum absolute atomic E-state index is 5.79. The molecular weight excluding hydrogens is 260 g/mol. The number of pyridine rings is 1. The average Bonchev–Trinajstić information content (AvgIpc) is 2.35. The second-order valence-corrected chi connectivity index (χ2v) is 4.03. The Bertz CT molecular complexity index is 440. The minimum atomic E-state index is 0.456. The van der Waals surface area contributed by atoms with Crippen LogP contribution in [0.25, 0.3) is 11.0 Å². The van der Waals surface area contributed by atoms with E-state index in [1.807, 2.05) is 6.07 Å². The van der Waals surface area contributed by atoms with Gasteiger partial charge in [0, 0.05) is 16.5 Å². The molecule has 2 heterocycles. The largest absolute Gasteiger partial charge is 0.345 e. The summed E-state index contributed by atoms with van der Waals surface area (Å²) < 4.78 is 0.784. The number of nitrogens with one attached hydrogen (secondary N) is 1. The van der Waals surface area contributed by atoms with Gasteiger partial charge in [-0.3, -0.25) is 0 Å². The third-order valence-electron chi connectivity index (χ3n) is 1.55.